The van der Waals surface area contributed by atoms with E-state index in [1.54, 1.807) is 15.0 Å². The first-order valence-electron chi connectivity index (χ1n) is 3.03. The van der Waals surface area contributed by atoms with Crippen molar-refractivity contribution in [2.24, 2.45) is 3.15 Å². The van der Waals surface area contributed by atoms with Crippen LogP contribution in [0.25, 0.3) is 0 Å². The smallest absolute Gasteiger partial charge is 0.249 e. The van der Waals surface area contributed by atoms with Crippen LogP contribution in [0.2, 0.25) is 0 Å². The molecule has 1 aromatic rings. The van der Waals surface area contributed by atoms with Crippen LogP contribution in [-0.2, 0) is 0 Å². The summed E-state index contributed by atoms with van der Waals surface area (Å²) in [6.07, 6.45) is 0. The number of H-pyrrole nitrogens is 1. The van der Waals surface area contributed by atoms with Crippen molar-refractivity contribution in [1.82, 2.24) is 4.98 Å². The quantitative estimate of drug-likeness (QED) is 0.742. The second kappa shape index (κ2) is 2.71. The molecule has 2 heterocycles. The lowest BCUT2D eigenvalue weighted by molar-refractivity contribution is 1.10. The summed E-state index contributed by atoms with van der Waals surface area (Å²) in [7, 11) is 1.72. The fraction of sp³-hybridized carbons (Fsp3) is 0.167. The minimum Gasteiger partial charge on any atom is -0.324 e. The fourth-order valence-corrected chi connectivity index (χ4v) is 4.82. The Labute approximate surface area is 76.2 Å². The largest absolute Gasteiger partial charge is 0.324 e. The minimum atomic E-state index is -0.134. The summed E-state index contributed by atoms with van der Waals surface area (Å²) in [6.45, 7) is 1.89. The van der Waals surface area contributed by atoms with Gasteiger partial charge in [0.1, 0.15) is 5.69 Å². The molecule has 1 aromatic heterocycles. The highest BCUT2D eigenvalue weighted by molar-refractivity contribution is 14.2. The van der Waals surface area contributed by atoms with E-state index < -0.39 is 0 Å². The van der Waals surface area contributed by atoms with Crippen LogP contribution in [0.3, 0.4) is 0 Å². The second-order valence-electron chi connectivity index (χ2n) is 2.20. The standard InChI is InChI=1S/C6H5IN2OS/c1-3-6-4(11-7-9-6)2-5(10)8-3/h2H,1H3,(H,8,10). The highest BCUT2D eigenvalue weighted by Gasteiger charge is 2.11. The molecule has 0 saturated heterocycles. The van der Waals surface area contributed by atoms with Crippen LogP contribution >= 0.6 is 28.6 Å². The van der Waals surface area contributed by atoms with E-state index in [4.69, 9.17) is 0 Å². The SMILES string of the molecule is Cc1[nH]c(=O)cc2c1N=IS2. The van der Waals surface area contributed by atoms with E-state index in [9.17, 15) is 4.79 Å². The molecular formula is C6H5IN2OS. The molecule has 0 unspecified atom stereocenters. The Morgan fingerprint density at radius 3 is 3.36 bits per heavy atom. The third-order valence-electron chi connectivity index (χ3n) is 1.40. The second-order valence-corrected chi connectivity index (χ2v) is 5.92. The van der Waals surface area contributed by atoms with Crippen molar-refractivity contribution in [1.29, 1.82) is 0 Å². The molecule has 5 heteroatoms. The van der Waals surface area contributed by atoms with E-state index in [1.807, 2.05) is 6.92 Å². The Morgan fingerprint density at radius 2 is 2.55 bits per heavy atom. The van der Waals surface area contributed by atoms with Gasteiger partial charge in [-0.2, -0.15) is 0 Å². The number of fused-ring (bicyclic) bond motifs is 1. The predicted molar refractivity (Wildman–Crippen MR) is 53.8 cm³/mol. The molecule has 0 atom stereocenters. The summed E-state index contributed by atoms with van der Waals surface area (Å²) in [5.74, 6) is 0. The van der Waals surface area contributed by atoms with Gasteiger partial charge in [-0.3, -0.25) is 4.79 Å². The minimum absolute atomic E-state index is 0.0186. The van der Waals surface area contributed by atoms with E-state index in [0.29, 0.717) is 0 Å². The number of hydrogen-bond acceptors (Lipinski definition) is 3. The predicted octanol–water partition coefficient (Wildman–Crippen LogP) is 2.49. The lowest BCUT2D eigenvalue weighted by Crippen LogP contribution is -2.04. The summed E-state index contributed by atoms with van der Waals surface area (Å²) < 4.78 is 4.34. The molecule has 0 amide bonds. The van der Waals surface area contributed by atoms with Crippen molar-refractivity contribution in [3.63, 3.8) is 0 Å². The van der Waals surface area contributed by atoms with Crippen molar-refractivity contribution in [3.8, 4) is 0 Å². The molecule has 0 aromatic carbocycles. The van der Waals surface area contributed by atoms with Gasteiger partial charge < -0.3 is 4.98 Å². The summed E-state index contributed by atoms with van der Waals surface area (Å²) >= 11 is -0.134. The molecule has 1 aliphatic heterocycles. The Hall–Kier alpha value is -0.170. The molecule has 2 rings (SSSR count). The van der Waals surface area contributed by atoms with E-state index >= 15 is 0 Å². The van der Waals surface area contributed by atoms with Crippen molar-refractivity contribution in [3.05, 3.63) is 22.1 Å². The van der Waals surface area contributed by atoms with Gasteiger partial charge in [0.25, 0.3) is 0 Å². The third-order valence-corrected chi connectivity index (χ3v) is 5.10. The Morgan fingerprint density at radius 1 is 1.73 bits per heavy atom. The molecule has 0 aliphatic carbocycles. The van der Waals surface area contributed by atoms with Gasteiger partial charge in [-0.1, -0.05) is 0 Å². The van der Waals surface area contributed by atoms with Crippen LogP contribution in [0.5, 0.6) is 0 Å². The van der Waals surface area contributed by atoms with E-state index in [1.165, 1.54) is 0 Å². The molecule has 0 radical (unpaired) electrons. The van der Waals surface area contributed by atoms with Gasteiger partial charge in [0.05, 0.1) is 24.5 Å². The van der Waals surface area contributed by atoms with Crippen LogP contribution in [0.15, 0.2) is 18.9 Å². The Bertz CT molecular complexity index is 385. The Balaban J connectivity index is 2.76. The molecular weight excluding hydrogens is 275 g/mol. The zero-order valence-electron chi connectivity index (χ0n) is 5.72. The maximum atomic E-state index is 11.0. The van der Waals surface area contributed by atoms with Gasteiger partial charge in [-0.05, 0) is 15.9 Å². The fourth-order valence-electron chi connectivity index (χ4n) is 0.905. The molecule has 3 nitrogen and oxygen atoms in total. The van der Waals surface area contributed by atoms with Gasteiger partial charge in [0.2, 0.25) is 5.56 Å². The molecule has 0 spiro atoms. The van der Waals surface area contributed by atoms with Crippen molar-refractivity contribution in [2.75, 3.05) is 0 Å². The van der Waals surface area contributed by atoms with Gasteiger partial charge in [0, 0.05) is 11.8 Å². The summed E-state index contributed by atoms with van der Waals surface area (Å²) in [4.78, 5) is 14.7. The highest BCUT2D eigenvalue weighted by atomic mass is 127. The third kappa shape index (κ3) is 1.26. The average Bonchev–Trinajstić information content (AvgIpc) is 2.34. The first kappa shape index (κ1) is 7.48. The van der Waals surface area contributed by atoms with E-state index in [0.717, 1.165) is 16.3 Å². The maximum absolute atomic E-state index is 11.0. The van der Waals surface area contributed by atoms with Crippen LogP contribution in [0.1, 0.15) is 5.69 Å². The first-order valence-corrected chi connectivity index (χ1v) is 7.36. The molecule has 11 heavy (non-hydrogen) atoms. The van der Waals surface area contributed by atoms with Gasteiger partial charge in [0.15, 0.2) is 0 Å². The number of nitrogens with zero attached hydrogens (tertiary/aromatic N) is 1. The van der Waals surface area contributed by atoms with Crippen molar-refractivity contribution in [2.45, 2.75) is 11.8 Å². The number of rotatable bonds is 0. The van der Waals surface area contributed by atoms with Crippen molar-refractivity contribution < 1.29 is 0 Å². The molecule has 1 aliphatic rings. The summed E-state index contributed by atoms with van der Waals surface area (Å²) in [5, 5.41) is 0. The number of aromatic amines is 1. The van der Waals surface area contributed by atoms with Crippen molar-refractivity contribution >= 4 is 34.3 Å². The van der Waals surface area contributed by atoms with Gasteiger partial charge in [-0.15, -0.1) is 0 Å². The average molecular weight is 280 g/mol. The first-order chi connectivity index (χ1) is 5.27. The molecule has 0 saturated carbocycles. The van der Waals surface area contributed by atoms with Gasteiger partial charge >= 0.3 is 0 Å². The zero-order chi connectivity index (χ0) is 7.84. The lowest BCUT2D eigenvalue weighted by Gasteiger charge is -1.97. The van der Waals surface area contributed by atoms with Crippen LogP contribution in [0, 0.1) is 6.92 Å². The number of halogens is 1. The molecule has 0 bridgehead atoms. The normalized spacial score (nSPS) is 14.3. The van der Waals surface area contributed by atoms with Crippen LogP contribution < -0.4 is 5.56 Å². The summed E-state index contributed by atoms with van der Waals surface area (Å²) in [5.41, 5.74) is 1.88. The summed E-state index contributed by atoms with van der Waals surface area (Å²) in [6, 6.07) is 1.63. The monoisotopic (exact) mass is 280 g/mol. The molecule has 0 fully saturated rings. The van der Waals surface area contributed by atoms with E-state index in [2.05, 4.69) is 8.13 Å². The number of aryl methyl sites for hydroxylation is 1. The number of nitrogens with one attached hydrogen (secondary N) is 1. The number of hydrogen-bond donors (Lipinski definition) is 1. The van der Waals surface area contributed by atoms with Crippen LogP contribution in [-0.4, -0.2) is 4.98 Å². The highest BCUT2D eigenvalue weighted by Crippen LogP contribution is 2.47. The maximum Gasteiger partial charge on any atom is 0.249 e. The lowest BCUT2D eigenvalue weighted by atomic mass is 10.3. The topological polar surface area (TPSA) is 45.2 Å². The number of aromatic nitrogens is 1. The molecule has 58 valence electrons. The molecule has 1 N–H and O–H groups in total. The van der Waals surface area contributed by atoms with E-state index in [-0.39, 0.29) is 25.2 Å². The number of pyridine rings is 1. The van der Waals surface area contributed by atoms with Crippen LogP contribution in [0.4, 0.5) is 5.69 Å². The zero-order valence-corrected chi connectivity index (χ0v) is 8.69. The Kier molecular flexibility index (Phi) is 1.84. The van der Waals surface area contributed by atoms with Gasteiger partial charge in [-0.25, -0.2) is 3.15 Å².